The van der Waals surface area contributed by atoms with Gasteiger partial charge in [0, 0.05) is 16.3 Å². The fraction of sp³-hybridized carbons (Fsp3) is 0.0500. The maximum absolute atomic E-state index is 14.3. The Morgan fingerprint density at radius 3 is 2.00 bits per heavy atom. The number of aryl methyl sites for hydroxylation is 2. The average Bonchev–Trinajstić information content (AvgIpc) is 3.53. The van der Waals surface area contributed by atoms with Gasteiger partial charge in [0.25, 0.3) is 11.8 Å². The quantitative estimate of drug-likeness (QED) is 0.198. The van der Waals surface area contributed by atoms with E-state index in [-0.39, 0.29) is 11.8 Å². The van der Waals surface area contributed by atoms with Crippen LogP contribution in [0.1, 0.15) is 31.8 Å². The zero-order valence-electron chi connectivity index (χ0n) is 24.4. The van der Waals surface area contributed by atoms with E-state index >= 15 is 0 Å². The minimum atomic E-state index is -0.317. The third-order valence-corrected chi connectivity index (χ3v) is 8.73. The summed E-state index contributed by atoms with van der Waals surface area (Å²) < 4.78 is 2.17. The summed E-state index contributed by atoms with van der Waals surface area (Å²) in [6, 6.07) is 44.4. The number of hydrogen-bond acceptors (Lipinski definition) is 2. The van der Waals surface area contributed by atoms with Gasteiger partial charge in [-0.15, -0.1) is 0 Å². The first kappa shape index (κ1) is 25.9. The van der Waals surface area contributed by atoms with Crippen molar-refractivity contribution in [1.29, 1.82) is 0 Å². The minimum Gasteiger partial charge on any atom is -0.308 e. The third-order valence-electron chi connectivity index (χ3n) is 8.73. The van der Waals surface area contributed by atoms with Gasteiger partial charge >= 0.3 is 0 Å². The van der Waals surface area contributed by atoms with Crippen LogP contribution in [-0.4, -0.2) is 16.4 Å². The number of fused-ring (bicyclic) bond motifs is 4. The summed E-state index contributed by atoms with van der Waals surface area (Å²) in [5.74, 6) is -0.627. The van der Waals surface area contributed by atoms with Gasteiger partial charge in [0.05, 0.1) is 33.5 Å². The number of nitrogens with zero attached hydrogens (tertiary/aromatic N) is 2. The summed E-state index contributed by atoms with van der Waals surface area (Å²) >= 11 is 0. The molecule has 0 unspecified atom stereocenters. The van der Waals surface area contributed by atoms with E-state index in [1.807, 2.05) is 78.9 Å². The summed E-state index contributed by atoms with van der Waals surface area (Å²) in [5.41, 5.74) is 10.8. The molecule has 0 aliphatic carbocycles. The Hall–Kier alpha value is -5.74. The van der Waals surface area contributed by atoms with Crippen LogP contribution in [0.2, 0.25) is 0 Å². The molecule has 4 nitrogen and oxygen atoms in total. The molecule has 2 amide bonds. The van der Waals surface area contributed by atoms with Crippen LogP contribution in [0.15, 0.2) is 133 Å². The molecular formula is C40H28N2O2. The molecule has 0 saturated carbocycles. The Balaban J connectivity index is 1.33. The van der Waals surface area contributed by atoms with E-state index in [4.69, 9.17) is 0 Å². The molecule has 7 aromatic rings. The lowest BCUT2D eigenvalue weighted by Crippen LogP contribution is -2.29. The first-order chi connectivity index (χ1) is 21.5. The number of carbonyl (C=O) groups is 2. The van der Waals surface area contributed by atoms with Crippen LogP contribution in [0, 0.1) is 13.8 Å². The third kappa shape index (κ3) is 3.85. The summed E-state index contributed by atoms with van der Waals surface area (Å²) in [7, 11) is 0. The molecule has 6 aromatic carbocycles. The van der Waals surface area contributed by atoms with Crippen molar-refractivity contribution in [3.05, 3.63) is 156 Å². The summed E-state index contributed by atoms with van der Waals surface area (Å²) in [6.07, 6.45) is 0. The molecule has 0 N–H and O–H groups in total. The Bertz CT molecular complexity index is 2280. The number of imide groups is 1. The van der Waals surface area contributed by atoms with Gasteiger partial charge < -0.3 is 4.57 Å². The summed E-state index contributed by atoms with van der Waals surface area (Å²) in [5, 5.41) is 2.19. The zero-order chi connectivity index (χ0) is 29.9. The number of rotatable bonds is 4. The highest BCUT2D eigenvalue weighted by molar-refractivity contribution is 6.36. The van der Waals surface area contributed by atoms with Crippen molar-refractivity contribution in [2.45, 2.75) is 13.8 Å². The highest BCUT2D eigenvalue weighted by Crippen LogP contribution is 2.41. The molecule has 1 aromatic heterocycles. The maximum Gasteiger partial charge on any atom is 0.268 e. The molecule has 210 valence electrons. The van der Waals surface area contributed by atoms with Gasteiger partial charge in [0.15, 0.2) is 0 Å². The Morgan fingerprint density at radius 1 is 0.523 bits per heavy atom. The number of anilines is 1. The normalized spacial score (nSPS) is 12.8. The second kappa shape index (κ2) is 9.92. The molecule has 0 atom stereocenters. The van der Waals surface area contributed by atoms with Gasteiger partial charge in [0.1, 0.15) is 0 Å². The average molecular weight is 569 g/mol. The van der Waals surface area contributed by atoms with Crippen LogP contribution in [0.4, 0.5) is 5.69 Å². The smallest absolute Gasteiger partial charge is 0.268 e. The first-order valence-electron chi connectivity index (χ1n) is 14.8. The molecule has 0 bridgehead atoms. The molecule has 0 radical (unpaired) electrons. The van der Waals surface area contributed by atoms with Gasteiger partial charge in [0.2, 0.25) is 0 Å². The maximum atomic E-state index is 14.3. The van der Waals surface area contributed by atoms with Crippen LogP contribution in [0.3, 0.4) is 0 Å². The molecule has 1 aliphatic rings. The van der Waals surface area contributed by atoms with Crippen molar-refractivity contribution in [3.63, 3.8) is 0 Å². The van der Waals surface area contributed by atoms with Crippen LogP contribution in [0.25, 0.3) is 49.7 Å². The molecule has 0 spiro atoms. The van der Waals surface area contributed by atoms with E-state index in [9.17, 15) is 9.59 Å². The fourth-order valence-corrected chi connectivity index (χ4v) is 6.72. The van der Waals surface area contributed by atoms with Crippen molar-refractivity contribution in [1.82, 2.24) is 4.57 Å². The second-order valence-electron chi connectivity index (χ2n) is 11.4. The molecular weight excluding hydrogens is 540 g/mol. The SMILES string of the molecule is Cc1ccc(-c2cccc3c4ccccc4n(-c4cccc5c4C(=O)N(c4ccc(-c6ccccc6)cc4)C5=O)c23)c(C)c1. The Morgan fingerprint density at radius 2 is 1.20 bits per heavy atom. The standard InChI is InChI=1S/C40H28N2O2/c1-25-18-23-30(26(2)24-25)32-13-8-14-33-31-12-6-7-16-35(31)42(38(32)33)36-17-9-15-34-37(36)40(44)41(39(34)43)29-21-19-28(20-22-29)27-10-4-3-5-11-27/h3-24H,1-2H3. The number of amides is 2. The lowest BCUT2D eigenvalue weighted by atomic mass is 9.96. The first-order valence-corrected chi connectivity index (χ1v) is 14.8. The van der Waals surface area contributed by atoms with Crippen LogP contribution < -0.4 is 4.90 Å². The molecule has 44 heavy (non-hydrogen) atoms. The van der Waals surface area contributed by atoms with Gasteiger partial charge in [-0.3, -0.25) is 9.59 Å². The fourth-order valence-electron chi connectivity index (χ4n) is 6.72. The monoisotopic (exact) mass is 568 g/mol. The predicted octanol–water partition coefficient (Wildman–Crippen LogP) is 9.54. The van der Waals surface area contributed by atoms with Gasteiger partial charge in [-0.25, -0.2) is 4.90 Å². The highest BCUT2D eigenvalue weighted by Gasteiger charge is 2.39. The lowest BCUT2D eigenvalue weighted by Gasteiger charge is -2.16. The van der Waals surface area contributed by atoms with E-state index in [0.717, 1.165) is 44.1 Å². The highest BCUT2D eigenvalue weighted by atomic mass is 16.2. The zero-order valence-corrected chi connectivity index (χ0v) is 24.4. The van der Waals surface area contributed by atoms with Crippen molar-refractivity contribution in [2.24, 2.45) is 0 Å². The molecule has 8 rings (SSSR count). The van der Waals surface area contributed by atoms with Crippen molar-refractivity contribution in [3.8, 4) is 27.9 Å². The van der Waals surface area contributed by atoms with Crippen molar-refractivity contribution < 1.29 is 9.59 Å². The van der Waals surface area contributed by atoms with Crippen molar-refractivity contribution >= 4 is 39.3 Å². The van der Waals surface area contributed by atoms with E-state index in [2.05, 4.69) is 66.9 Å². The van der Waals surface area contributed by atoms with E-state index in [0.29, 0.717) is 22.5 Å². The van der Waals surface area contributed by atoms with Gasteiger partial charge in [-0.05, 0) is 66.4 Å². The Kier molecular flexibility index (Phi) is 5.85. The number of carbonyl (C=O) groups excluding carboxylic acids is 2. The van der Waals surface area contributed by atoms with E-state index < -0.39 is 0 Å². The Labute approximate surface area is 255 Å². The molecule has 2 heterocycles. The van der Waals surface area contributed by atoms with Crippen LogP contribution in [0.5, 0.6) is 0 Å². The summed E-state index contributed by atoms with van der Waals surface area (Å²) in [4.78, 5) is 29.5. The van der Waals surface area contributed by atoms with Crippen LogP contribution >= 0.6 is 0 Å². The number of benzene rings is 6. The van der Waals surface area contributed by atoms with Crippen LogP contribution in [-0.2, 0) is 0 Å². The molecule has 1 aliphatic heterocycles. The molecule has 0 saturated heterocycles. The van der Waals surface area contributed by atoms with Gasteiger partial charge in [-0.1, -0.05) is 109 Å². The number of hydrogen-bond donors (Lipinski definition) is 0. The van der Waals surface area contributed by atoms with Crippen molar-refractivity contribution in [2.75, 3.05) is 4.90 Å². The molecule has 4 heteroatoms. The summed E-state index contributed by atoms with van der Waals surface area (Å²) in [6.45, 7) is 4.24. The van der Waals surface area contributed by atoms with Gasteiger partial charge in [-0.2, -0.15) is 0 Å². The minimum absolute atomic E-state index is 0.310. The predicted molar refractivity (Wildman–Crippen MR) is 179 cm³/mol. The molecule has 0 fully saturated rings. The topological polar surface area (TPSA) is 42.3 Å². The van der Waals surface area contributed by atoms with E-state index in [1.54, 1.807) is 6.07 Å². The van der Waals surface area contributed by atoms with E-state index in [1.165, 1.54) is 16.0 Å². The largest absolute Gasteiger partial charge is 0.308 e. The number of aromatic nitrogens is 1. The second-order valence-corrected chi connectivity index (χ2v) is 11.4. The lowest BCUT2D eigenvalue weighted by molar-refractivity contribution is 0.0926. The number of para-hydroxylation sites is 2.